The van der Waals surface area contributed by atoms with E-state index in [-0.39, 0.29) is 23.4 Å². The average molecular weight is 386 g/mol. The molecule has 5 nitrogen and oxygen atoms in total. The molecule has 3 aromatic carbocycles. The first-order chi connectivity index (χ1) is 14.1. The standard InChI is InChI=1S/C24H22N2O3/c27-24-23(20-11-13-22(14-12-20)26(28)29)21(15-18-7-3-1-4-8-18)17-25(24)16-19-9-5-2-6-10-19/h1-14,21,23H,15-17H2/t21-,23+/m1/s1. The Morgan fingerprint density at radius 3 is 2.03 bits per heavy atom. The lowest BCUT2D eigenvalue weighted by molar-refractivity contribution is -0.384. The molecule has 0 radical (unpaired) electrons. The van der Waals surface area contributed by atoms with Gasteiger partial charge in [0.1, 0.15) is 0 Å². The van der Waals surface area contributed by atoms with Crippen LogP contribution in [0.25, 0.3) is 0 Å². The van der Waals surface area contributed by atoms with Gasteiger partial charge in [0.2, 0.25) is 5.91 Å². The van der Waals surface area contributed by atoms with Crippen LogP contribution in [0.4, 0.5) is 5.69 Å². The van der Waals surface area contributed by atoms with Gasteiger partial charge in [0.15, 0.2) is 0 Å². The molecule has 0 bridgehead atoms. The second kappa shape index (κ2) is 8.27. The summed E-state index contributed by atoms with van der Waals surface area (Å²) in [4.78, 5) is 25.8. The Morgan fingerprint density at radius 1 is 0.862 bits per heavy atom. The zero-order valence-corrected chi connectivity index (χ0v) is 16.0. The van der Waals surface area contributed by atoms with Crippen molar-refractivity contribution in [2.75, 3.05) is 6.54 Å². The maximum Gasteiger partial charge on any atom is 0.269 e. The van der Waals surface area contributed by atoms with Crippen LogP contribution in [0, 0.1) is 16.0 Å². The number of nitro benzene ring substituents is 1. The minimum Gasteiger partial charge on any atom is -0.338 e. The van der Waals surface area contributed by atoms with Crippen LogP contribution in [0.3, 0.4) is 0 Å². The van der Waals surface area contributed by atoms with E-state index in [0.29, 0.717) is 13.1 Å². The van der Waals surface area contributed by atoms with E-state index >= 15 is 0 Å². The summed E-state index contributed by atoms with van der Waals surface area (Å²) in [6.45, 7) is 1.25. The Balaban J connectivity index is 1.62. The molecule has 3 aromatic rings. The molecule has 1 aliphatic heterocycles. The molecule has 4 rings (SSSR count). The fourth-order valence-corrected chi connectivity index (χ4v) is 4.14. The monoisotopic (exact) mass is 386 g/mol. The summed E-state index contributed by atoms with van der Waals surface area (Å²) in [5, 5.41) is 11.0. The SMILES string of the molecule is O=C1[C@@H](c2ccc([N+](=O)[O-])cc2)[C@H](Cc2ccccc2)CN1Cc1ccccc1. The molecule has 0 aromatic heterocycles. The van der Waals surface area contributed by atoms with Gasteiger partial charge >= 0.3 is 0 Å². The van der Waals surface area contributed by atoms with Crippen LogP contribution < -0.4 is 0 Å². The number of rotatable bonds is 6. The topological polar surface area (TPSA) is 63.4 Å². The lowest BCUT2D eigenvalue weighted by Gasteiger charge is -2.17. The highest BCUT2D eigenvalue weighted by Gasteiger charge is 2.41. The maximum absolute atomic E-state index is 13.3. The van der Waals surface area contributed by atoms with Crippen LogP contribution in [0.1, 0.15) is 22.6 Å². The second-order valence-corrected chi connectivity index (χ2v) is 7.48. The van der Waals surface area contributed by atoms with Gasteiger partial charge in [-0.1, -0.05) is 72.8 Å². The van der Waals surface area contributed by atoms with E-state index in [1.165, 1.54) is 17.7 Å². The van der Waals surface area contributed by atoms with Crippen LogP contribution >= 0.6 is 0 Å². The summed E-state index contributed by atoms with van der Waals surface area (Å²) in [6.07, 6.45) is 0.791. The van der Waals surface area contributed by atoms with Crippen LogP contribution in [0.15, 0.2) is 84.9 Å². The summed E-state index contributed by atoms with van der Waals surface area (Å²) in [5.74, 6) is -0.0848. The number of nitro groups is 1. The molecule has 1 heterocycles. The number of non-ortho nitro benzene ring substituents is 1. The van der Waals surface area contributed by atoms with Crippen LogP contribution in [0.2, 0.25) is 0 Å². The smallest absolute Gasteiger partial charge is 0.269 e. The zero-order chi connectivity index (χ0) is 20.2. The maximum atomic E-state index is 13.3. The van der Waals surface area contributed by atoms with Gasteiger partial charge < -0.3 is 4.90 Å². The number of nitrogens with zero attached hydrogens (tertiary/aromatic N) is 2. The number of carbonyl (C=O) groups is 1. The van der Waals surface area contributed by atoms with Gasteiger partial charge in [0.25, 0.3) is 5.69 Å². The highest BCUT2D eigenvalue weighted by molar-refractivity contribution is 5.86. The van der Waals surface area contributed by atoms with E-state index < -0.39 is 4.92 Å². The molecule has 1 aliphatic rings. The molecule has 0 aliphatic carbocycles. The van der Waals surface area contributed by atoms with E-state index in [2.05, 4.69) is 12.1 Å². The number of likely N-dealkylation sites (tertiary alicyclic amines) is 1. The van der Waals surface area contributed by atoms with Crippen molar-refractivity contribution in [1.82, 2.24) is 4.90 Å². The molecule has 1 fully saturated rings. The molecule has 2 atom stereocenters. The third-order valence-corrected chi connectivity index (χ3v) is 5.52. The van der Waals surface area contributed by atoms with E-state index in [1.54, 1.807) is 12.1 Å². The molecule has 5 heteroatoms. The number of amides is 1. The highest BCUT2D eigenvalue weighted by atomic mass is 16.6. The van der Waals surface area contributed by atoms with Crippen LogP contribution in [-0.4, -0.2) is 22.3 Å². The van der Waals surface area contributed by atoms with E-state index in [9.17, 15) is 14.9 Å². The largest absolute Gasteiger partial charge is 0.338 e. The van der Waals surface area contributed by atoms with Crippen molar-refractivity contribution < 1.29 is 9.72 Å². The van der Waals surface area contributed by atoms with Crippen molar-refractivity contribution in [2.45, 2.75) is 18.9 Å². The molecule has 29 heavy (non-hydrogen) atoms. The van der Waals surface area contributed by atoms with Gasteiger partial charge in [0, 0.05) is 25.2 Å². The number of hydrogen-bond acceptors (Lipinski definition) is 3. The molecule has 1 amide bonds. The molecule has 0 N–H and O–H groups in total. The molecule has 0 unspecified atom stereocenters. The molecule has 0 saturated carbocycles. The third kappa shape index (κ3) is 4.19. The molecular weight excluding hydrogens is 364 g/mol. The van der Waals surface area contributed by atoms with E-state index in [4.69, 9.17) is 0 Å². The lowest BCUT2D eigenvalue weighted by Crippen LogP contribution is -2.26. The summed E-state index contributed by atoms with van der Waals surface area (Å²) in [5.41, 5.74) is 3.18. The van der Waals surface area contributed by atoms with Crippen LogP contribution in [0.5, 0.6) is 0 Å². The van der Waals surface area contributed by atoms with Crippen molar-refractivity contribution in [2.24, 2.45) is 5.92 Å². The van der Waals surface area contributed by atoms with Crippen molar-refractivity contribution >= 4 is 11.6 Å². The fraction of sp³-hybridized carbons (Fsp3) is 0.208. The molecule has 0 spiro atoms. The lowest BCUT2D eigenvalue weighted by atomic mass is 9.84. The Hall–Kier alpha value is -3.47. The van der Waals surface area contributed by atoms with Crippen molar-refractivity contribution in [3.05, 3.63) is 112 Å². The fourth-order valence-electron chi connectivity index (χ4n) is 4.14. The van der Waals surface area contributed by atoms with Gasteiger partial charge in [-0.3, -0.25) is 14.9 Å². The number of benzene rings is 3. The summed E-state index contributed by atoms with van der Waals surface area (Å²) >= 11 is 0. The predicted molar refractivity (Wildman–Crippen MR) is 111 cm³/mol. The first-order valence-corrected chi connectivity index (χ1v) is 9.73. The Morgan fingerprint density at radius 2 is 1.45 bits per heavy atom. The van der Waals surface area contributed by atoms with Gasteiger partial charge in [-0.05, 0) is 29.0 Å². The third-order valence-electron chi connectivity index (χ3n) is 5.52. The molecule has 146 valence electrons. The minimum absolute atomic E-state index is 0.0416. The summed E-state index contributed by atoms with van der Waals surface area (Å²) in [7, 11) is 0. The average Bonchev–Trinajstić information content (AvgIpc) is 3.04. The Bertz CT molecular complexity index is 988. The molecular formula is C24H22N2O3. The van der Waals surface area contributed by atoms with Crippen LogP contribution in [-0.2, 0) is 17.8 Å². The van der Waals surface area contributed by atoms with Gasteiger partial charge in [-0.2, -0.15) is 0 Å². The van der Waals surface area contributed by atoms with Gasteiger partial charge in [-0.25, -0.2) is 0 Å². The normalized spacial score (nSPS) is 18.8. The highest BCUT2D eigenvalue weighted by Crippen LogP contribution is 2.37. The van der Waals surface area contributed by atoms with E-state index in [1.807, 2.05) is 53.4 Å². The van der Waals surface area contributed by atoms with E-state index in [0.717, 1.165) is 17.5 Å². The van der Waals surface area contributed by atoms with Crippen molar-refractivity contribution in [1.29, 1.82) is 0 Å². The Labute approximate surface area is 169 Å². The summed E-state index contributed by atoms with van der Waals surface area (Å²) < 4.78 is 0. The number of carbonyl (C=O) groups excluding carboxylic acids is 1. The first kappa shape index (κ1) is 18.9. The minimum atomic E-state index is -0.413. The van der Waals surface area contributed by atoms with Crippen molar-refractivity contribution in [3.63, 3.8) is 0 Å². The first-order valence-electron chi connectivity index (χ1n) is 9.73. The predicted octanol–water partition coefficient (Wildman–Crippen LogP) is 4.58. The second-order valence-electron chi connectivity index (χ2n) is 7.48. The zero-order valence-electron chi connectivity index (χ0n) is 16.0. The quantitative estimate of drug-likeness (QED) is 0.460. The van der Waals surface area contributed by atoms with Crippen molar-refractivity contribution in [3.8, 4) is 0 Å². The molecule has 1 saturated heterocycles. The Kier molecular flexibility index (Phi) is 5.38. The number of hydrogen-bond donors (Lipinski definition) is 0. The summed E-state index contributed by atoms with van der Waals surface area (Å²) in [6, 6.07) is 26.6. The van der Waals surface area contributed by atoms with Gasteiger partial charge in [0.05, 0.1) is 10.8 Å². The van der Waals surface area contributed by atoms with Gasteiger partial charge in [-0.15, -0.1) is 0 Å².